The fraction of sp³-hybridized carbons (Fsp3) is 0.560. The van der Waals surface area contributed by atoms with Gasteiger partial charge in [-0.05, 0) is 25.1 Å². The number of aromatic nitrogens is 2. The maximum Gasteiger partial charge on any atom is 0.449 e. The van der Waals surface area contributed by atoms with Crippen molar-refractivity contribution in [1.29, 1.82) is 0 Å². The summed E-state index contributed by atoms with van der Waals surface area (Å²) in [5.41, 5.74) is 10.8. The van der Waals surface area contributed by atoms with Gasteiger partial charge in [0.2, 0.25) is 5.82 Å². The third kappa shape index (κ3) is 10.7. The highest BCUT2D eigenvalue weighted by Gasteiger charge is 2.40. The number of imidazole rings is 1. The quantitative estimate of drug-likeness (QED) is 0.137. The number of alkyl halides is 3. The van der Waals surface area contributed by atoms with Crippen molar-refractivity contribution in [2.75, 3.05) is 53.1 Å². The van der Waals surface area contributed by atoms with Crippen molar-refractivity contribution in [3.63, 3.8) is 0 Å². The Kier molecular flexibility index (Phi) is 13.7. The minimum Gasteiger partial charge on any atom is -0.378 e. The highest BCUT2D eigenvalue weighted by atomic mass is 19.4. The van der Waals surface area contributed by atoms with Crippen molar-refractivity contribution in [3.05, 3.63) is 52.4 Å². The molecule has 3 rings (SSSR count). The average molecular weight is 597 g/mol. The number of amides is 1. The molecule has 5 N–H and O–H groups in total. The van der Waals surface area contributed by atoms with Crippen LogP contribution in [0.5, 0.6) is 0 Å². The first-order valence-electron chi connectivity index (χ1n) is 12.7. The van der Waals surface area contributed by atoms with Crippen LogP contribution < -0.4 is 16.8 Å². The molecule has 1 aromatic carbocycles. The van der Waals surface area contributed by atoms with Crippen LogP contribution in [-0.2, 0) is 40.0 Å². The maximum absolute atomic E-state index is 13.2. The van der Waals surface area contributed by atoms with Crippen LogP contribution in [-0.4, -0.2) is 85.8 Å². The molecule has 1 aliphatic heterocycles. The van der Waals surface area contributed by atoms with Crippen LogP contribution in [0.25, 0.3) is 0 Å². The Balaban J connectivity index is 0.000000333. The lowest BCUT2D eigenvalue weighted by molar-refractivity contribution is -0.147. The summed E-state index contributed by atoms with van der Waals surface area (Å²) >= 11 is 0. The monoisotopic (exact) mass is 596 g/mol. The molecule has 0 saturated carbocycles. The van der Waals surface area contributed by atoms with Gasteiger partial charge in [0.1, 0.15) is 12.1 Å². The predicted molar refractivity (Wildman–Crippen MR) is 135 cm³/mol. The number of ether oxygens (including phenoxy) is 2. The number of halogens is 6. The van der Waals surface area contributed by atoms with Gasteiger partial charge in [0.25, 0.3) is 5.91 Å². The standard InChI is InChI=1S/C15H24F3N5O3.C10H10F3NO/c1-22-4-5-23-11(10-22)12(21-14(23)15(16,17)18)13(24)20-3-7-26-9-8-25-6-2-19;11-8-5-10(13)9(12)4-6(8)3-7(14)1-2-15/h2-10,19H2,1H3,(H,20,24);2,4-5,7H,1,3,14H2. The summed E-state index contributed by atoms with van der Waals surface area (Å²) in [5.74, 6) is -4.87. The number of fused-ring (bicyclic) bond motifs is 1. The van der Waals surface area contributed by atoms with E-state index >= 15 is 0 Å². The van der Waals surface area contributed by atoms with E-state index in [2.05, 4.69) is 10.3 Å². The van der Waals surface area contributed by atoms with Gasteiger partial charge in [0.05, 0.1) is 32.1 Å². The first-order chi connectivity index (χ1) is 19.4. The molecule has 0 saturated heterocycles. The lowest BCUT2D eigenvalue weighted by Crippen LogP contribution is -2.34. The molecule has 0 bridgehead atoms. The number of hydrogen-bond acceptors (Lipinski definition) is 8. The van der Waals surface area contributed by atoms with Crippen LogP contribution in [0.15, 0.2) is 12.1 Å². The third-order valence-corrected chi connectivity index (χ3v) is 5.80. The number of carbonyl (C=O) groups excluding carboxylic acids is 2. The van der Waals surface area contributed by atoms with Crippen LogP contribution in [0, 0.1) is 17.5 Å². The molecule has 0 radical (unpaired) electrons. The molecule has 1 atom stereocenters. The molecular weight excluding hydrogens is 562 g/mol. The van der Waals surface area contributed by atoms with E-state index in [-0.39, 0.29) is 56.0 Å². The van der Waals surface area contributed by atoms with E-state index in [1.54, 1.807) is 7.05 Å². The van der Waals surface area contributed by atoms with Crippen molar-refractivity contribution >= 4 is 12.2 Å². The lowest BCUT2D eigenvalue weighted by Gasteiger charge is -2.25. The second kappa shape index (κ2) is 16.4. The second-order valence-electron chi connectivity index (χ2n) is 9.11. The molecule has 2 aromatic rings. The zero-order valence-corrected chi connectivity index (χ0v) is 22.5. The first kappa shape index (κ1) is 34.2. The molecule has 10 nitrogen and oxygen atoms in total. The fourth-order valence-electron chi connectivity index (χ4n) is 3.83. The van der Waals surface area contributed by atoms with E-state index in [4.69, 9.17) is 20.9 Å². The summed E-state index contributed by atoms with van der Waals surface area (Å²) in [7, 11) is 1.78. The first-order valence-corrected chi connectivity index (χ1v) is 12.7. The summed E-state index contributed by atoms with van der Waals surface area (Å²) < 4.78 is 89.3. The van der Waals surface area contributed by atoms with Crippen LogP contribution >= 0.6 is 0 Å². The fourth-order valence-corrected chi connectivity index (χ4v) is 3.83. The minimum absolute atomic E-state index is 0.00176. The Morgan fingerprint density at radius 3 is 2.39 bits per heavy atom. The molecule has 1 aliphatic rings. The zero-order chi connectivity index (χ0) is 30.6. The normalized spacial score (nSPS) is 14.2. The summed E-state index contributed by atoms with van der Waals surface area (Å²) in [4.78, 5) is 27.8. The molecule has 1 unspecified atom stereocenters. The van der Waals surface area contributed by atoms with Crippen molar-refractivity contribution in [2.45, 2.75) is 38.1 Å². The lowest BCUT2D eigenvalue weighted by atomic mass is 10.0. The molecule has 1 amide bonds. The van der Waals surface area contributed by atoms with Crippen LogP contribution in [0.2, 0.25) is 0 Å². The highest BCUT2D eigenvalue weighted by Crippen LogP contribution is 2.32. The maximum atomic E-state index is 13.2. The van der Waals surface area contributed by atoms with Crippen molar-refractivity contribution < 1.29 is 45.4 Å². The van der Waals surface area contributed by atoms with E-state index in [0.29, 0.717) is 45.3 Å². The van der Waals surface area contributed by atoms with Crippen molar-refractivity contribution in [2.24, 2.45) is 11.5 Å². The molecule has 0 aliphatic carbocycles. The molecule has 0 spiro atoms. The van der Waals surface area contributed by atoms with E-state index in [0.717, 1.165) is 10.6 Å². The number of rotatable bonds is 13. The SMILES string of the molecule is CN1CCn2c(C(F)(F)F)nc(C(=O)NCCOCCOCCN)c2C1.NC(CC=O)Cc1cc(F)c(F)cc1F. The minimum atomic E-state index is -4.60. The number of hydrogen-bond donors (Lipinski definition) is 3. The van der Waals surface area contributed by atoms with Gasteiger partial charge in [-0.3, -0.25) is 9.69 Å². The zero-order valence-electron chi connectivity index (χ0n) is 22.5. The van der Waals surface area contributed by atoms with Crippen LogP contribution in [0.1, 0.15) is 34.0 Å². The van der Waals surface area contributed by atoms with Gasteiger partial charge in [-0.2, -0.15) is 13.2 Å². The third-order valence-electron chi connectivity index (χ3n) is 5.80. The van der Waals surface area contributed by atoms with Crippen LogP contribution in [0.3, 0.4) is 0 Å². The highest BCUT2D eigenvalue weighted by molar-refractivity contribution is 5.93. The summed E-state index contributed by atoms with van der Waals surface area (Å²) in [5, 5.41) is 2.54. The second-order valence-corrected chi connectivity index (χ2v) is 9.11. The van der Waals surface area contributed by atoms with E-state index < -0.39 is 41.4 Å². The van der Waals surface area contributed by atoms with Crippen molar-refractivity contribution in [1.82, 2.24) is 19.8 Å². The molecule has 41 heavy (non-hydrogen) atoms. The number of likely N-dealkylation sites (N-methyl/N-ethyl adjacent to an activating group) is 1. The summed E-state index contributed by atoms with van der Waals surface area (Å²) in [6.07, 6.45) is -3.95. The van der Waals surface area contributed by atoms with Crippen molar-refractivity contribution in [3.8, 4) is 0 Å². The van der Waals surface area contributed by atoms with Gasteiger partial charge in [-0.1, -0.05) is 0 Å². The van der Waals surface area contributed by atoms with E-state index in [1.165, 1.54) is 0 Å². The van der Waals surface area contributed by atoms with Gasteiger partial charge in [-0.25, -0.2) is 18.2 Å². The Bertz CT molecular complexity index is 1150. The Morgan fingerprint density at radius 1 is 1.10 bits per heavy atom. The number of aldehydes is 1. The molecule has 2 heterocycles. The number of nitrogens with one attached hydrogen (secondary N) is 1. The molecule has 0 fully saturated rings. The van der Waals surface area contributed by atoms with E-state index in [1.807, 2.05) is 4.90 Å². The number of carbonyl (C=O) groups is 2. The van der Waals surface area contributed by atoms with Gasteiger partial charge in [0, 0.05) is 51.3 Å². The Labute approximate surface area is 232 Å². The smallest absolute Gasteiger partial charge is 0.378 e. The molecule has 230 valence electrons. The van der Waals surface area contributed by atoms with Crippen LogP contribution in [0.4, 0.5) is 26.3 Å². The number of nitrogens with two attached hydrogens (primary N) is 2. The Morgan fingerprint density at radius 2 is 1.76 bits per heavy atom. The van der Waals surface area contributed by atoms with E-state index in [9.17, 15) is 35.9 Å². The number of benzene rings is 1. The van der Waals surface area contributed by atoms with Gasteiger partial charge < -0.3 is 35.6 Å². The molecule has 1 aromatic heterocycles. The summed E-state index contributed by atoms with van der Waals surface area (Å²) in [6, 6.07) is 0.648. The Hall–Kier alpha value is -3.05. The molecular formula is C25H34F6N6O4. The largest absolute Gasteiger partial charge is 0.449 e. The molecule has 16 heteroatoms. The average Bonchev–Trinajstić information content (AvgIpc) is 3.29. The predicted octanol–water partition coefficient (Wildman–Crippen LogP) is 1.63. The number of nitrogens with zero attached hydrogens (tertiary/aromatic N) is 3. The van der Waals surface area contributed by atoms with Gasteiger partial charge >= 0.3 is 6.18 Å². The summed E-state index contributed by atoms with van der Waals surface area (Å²) in [6.45, 7) is 2.85. The van der Waals surface area contributed by atoms with Gasteiger partial charge in [0.15, 0.2) is 17.3 Å². The van der Waals surface area contributed by atoms with Gasteiger partial charge in [-0.15, -0.1) is 0 Å². The topological polar surface area (TPSA) is 138 Å².